The van der Waals surface area contributed by atoms with Gasteiger partial charge in [0.15, 0.2) is 0 Å². The summed E-state index contributed by atoms with van der Waals surface area (Å²) >= 11 is 0. The number of fused-ring (bicyclic) bond motifs is 1. The van der Waals surface area contributed by atoms with Crippen molar-refractivity contribution in [3.8, 4) is 0 Å². The number of alkyl halides is 3. The van der Waals surface area contributed by atoms with Crippen LogP contribution in [0.2, 0.25) is 0 Å². The first-order valence-corrected chi connectivity index (χ1v) is 6.78. The van der Waals surface area contributed by atoms with Crippen LogP contribution in [0.15, 0.2) is 0 Å². The van der Waals surface area contributed by atoms with E-state index in [2.05, 4.69) is 10.2 Å². The van der Waals surface area contributed by atoms with Gasteiger partial charge in [0.1, 0.15) is 11.9 Å². The first-order chi connectivity index (χ1) is 9.88. The molecular formula is C12H17F3N4O2. The molecule has 9 heteroatoms. The molecule has 0 radical (unpaired) electrons. The van der Waals surface area contributed by atoms with Crippen molar-refractivity contribution in [1.82, 2.24) is 19.7 Å². The number of rotatable bonds is 4. The molecule has 2 rings (SSSR count). The quantitative estimate of drug-likeness (QED) is 0.788. The Morgan fingerprint density at radius 3 is 2.62 bits per heavy atom. The van der Waals surface area contributed by atoms with Crippen molar-refractivity contribution in [3.63, 3.8) is 0 Å². The monoisotopic (exact) mass is 306 g/mol. The minimum atomic E-state index is -4.52. The van der Waals surface area contributed by atoms with E-state index in [1.54, 1.807) is 11.8 Å². The van der Waals surface area contributed by atoms with Crippen molar-refractivity contribution in [2.75, 3.05) is 13.2 Å². The van der Waals surface area contributed by atoms with Gasteiger partial charge in [-0.15, -0.1) is 10.2 Å². The molecule has 118 valence electrons. The van der Waals surface area contributed by atoms with Gasteiger partial charge in [-0.2, -0.15) is 13.2 Å². The van der Waals surface area contributed by atoms with Crippen LogP contribution in [-0.2, 0) is 28.8 Å². The maximum absolute atomic E-state index is 12.7. The van der Waals surface area contributed by atoms with Crippen molar-refractivity contribution in [2.45, 2.75) is 45.6 Å². The van der Waals surface area contributed by atoms with Crippen LogP contribution >= 0.6 is 0 Å². The Bertz CT molecular complexity index is 515. The van der Waals surface area contributed by atoms with E-state index < -0.39 is 18.0 Å². The summed E-state index contributed by atoms with van der Waals surface area (Å²) in [6.45, 7) is 4.41. The highest BCUT2D eigenvalue weighted by Crippen LogP contribution is 2.29. The molecule has 0 saturated carbocycles. The van der Waals surface area contributed by atoms with Crippen LogP contribution in [0.25, 0.3) is 0 Å². The molecule has 0 amide bonds. The third-order valence-corrected chi connectivity index (χ3v) is 3.42. The van der Waals surface area contributed by atoms with Gasteiger partial charge in [-0.1, -0.05) is 6.92 Å². The lowest BCUT2D eigenvalue weighted by Gasteiger charge is -2.32. The smallest absolute Gasteiger partial charge is 0.451 e. The van der Waals surface area contributed by atoms with Gasteiger partial charge >= 0.3 is 12.1 Å². The third-order valence-electron chi connectivity index (χ3n) is 3.42. The van der Waals surface area contributed by atoms with Crippen molar-refractivity contribution in [2.24, 2.45) is 0 Å². The number of halogens is 3. The second-order valence-corrected chi connectivity index (χ2v) is 4.74. The molecule has 0 bridgehead atoms. The van der Waals surface area contributed by atoms with E-state index in [9.17, 15) is 18.0 Å². The van der Waals surface area contributed by atoms with Gasteiger partial charge in [-0.05, 0) is 13.3 Å². The largest absolute Gasteiger partial charge is 0.465 e. The number of carbonyl (C=O) groups excluding carboxylic acids is 1. The topological polar surface area (TPSA) is 60.2 Å². The number of carbonyl (C=O) groups is 1. The van der Waals surface area contributed by atoms with Crippen molar-refractivity contribution in [3.05, 3.63) is 11.6 Å². The number of hydrogen-bond acceptors (Lipinski definition) is 5. The lowest BCUT2D eigenvalue weighted by molar-refractivity contribution is -0.152. The van der Waals surface area contributed by atoms with Crippen molar-refractivity contribution >= 4 is 5.97 Å². The van der Waals surface area contributed by atoms with Crippen molar-refractivity contribution < 1.29 is 22.7 Å². The van der Waals surface area contributed by atoms with E-state index in [1.165, 1.54) is 0 Å². The average molecular weight is 306 g/mol. The average Bonchev–Trinajstić information content (AvgIpc) is 2.82. The standard InChI is InChI=1S/C12H17F3N4O2/c1-3-8(10(20)21-4-2)18-5-6-19-9(7-18)16-17-11(19)12(13,14)15/h8H,3-7H2,1-2H3. The molecule has 0 fully saturated rings. The molecular weight excluding hydrogens is 289 g/mol. The summed E-state index contributed by atoms with van der Waals surface area (Å²) in [6.07, 6.45) is -3.99. The number of aromatic nitrogens is 3. The number of nitrogens with zero attached hydrogens (tertiary/aromatic N) is 4. The summed E-state index contributed by atoms with van der Waals surface area (Å²) in [5.74, 6) is -1.12. The van der Waals surface area contributed by atoms with E-state index in [4.69, 9.17) is 4.74 Å². The molecule has 1 aromatic rings. The van der Waals surface area contributed by atoms with Crippen molar-refractivity contribution in [1.29, 1.82) is 0 Å². The van der Waals surface area contributed by atoms with E-state index in [1.807, 2.05) is 6.92 Å². The summed E-state index contributed by atoms with van der Waals surface area (Å²) in [7, 11) is 0. The molecule has 1 aliphatic rings. The molecule has 1 aromatic heterocycles. The Morgan fingerprint density at radius 1 is 1.33 bits per heavy atom. The molecule has 6 nitrogen and oxygen atoms in total. The molecule has 0 saturated heterocycles. The lowest BCUT2D eigenvalue weighted by atomic mass is 10.1. The third kappa shape index (κ3) is 3.17. The predicted octanol–water partition coefficient (Wildman–Crippen LogP) is 1.45. The summed E-state index contributed by atoms with van der Waals surface area (Å²) in [5, 5.41) is 6.81. The minimum absolute atomic E-state index is 0.104. The molecule has 0 aliphatic carbocycles. The van der Waals surface area contributed by atoms with Crippen LogP contribution in [0.3, 0.4) is 0 Å². The fourth-order valence-corrected chi connectivity index (χ4v) is 2.46. The molecule has 0 N–H and O–H groups in total. The van der Waals surface area contributed by atoms with Gasteiger partial charge in [0.25, 0.3) is 0 Å². The first kappa shape index (κ1) is 15.7. The van der Waals surface area contributed by atoms with E-state index >= 15 is 0 Å². The van der Waals surface area contributed by atoms with Gasteiger partial charge in [0.05, 0.1) is 13.2 Å². The van der Waals surface area contributed by atoms with Crippen LogP contribution in [0, 0.1) is 0 Å². The molecule has 0 aromatic carbocycles. The SMILES string of the molecule is CCOC(=O)C(CC)N1CCn2c(nnc2C(F)(F)F)C1. The first-order valence-electron chi connectivity index (χ1n) is 6.78. The van der Waals surface area contributed by atoms with E-state index in [0.29, 0.717) is 13.0 Å². The predicted molar refractivity (Wildman–Crippen MR) is 66.1 cm³/mol. The molecule has 1 aliphatic heterocycles. The highest BCUT2D eigenvalue weighted by molar-refractivity contribution is 5.75. The molecule has 1 atom stereocenters. The zero-order valence-electron chi connectivity index (χ0n) is 11.9. The molecule has 1 unspecified atom stereocenters. The van der Waals surface area contributed by atoms with Crippen LogP contribution in [0.1, 0.15) is 31.9 Å². The number of ether oxygens (including phenoxy) is 1. The molecule has 2 heterocycles. The minimum Gasteiger partial charge on any atom is -0.465 e. The summed E-state index contributed by atoms with van der Waals surface area (Å²) in [6, 6.07) is -0.468. The number of hydrogen-bond donors (Lipinski definition) is 0. The van der Waals surface area contributed by atoms with Gasteiger partial charge in [0, 0.05) is 13.1 Å². The van der Waals surface area contributed by atoms with Gasteiger partial charge in [-0.3, -0.25) is 9.69 Å². The van der Waals surface area contributed by atoms with Crippen LogP contribution in [0.4, 0.5) is 13.2 Å². The van der Waals surface area contributed by atoms with Crippen LogP contribution in [0.5, 0.6) is 0 Å². The van der Waals surface area contributed by atoms with E-state index in [-0.39, 0.29) is 31.5 Å². The lowest BCUT2D eigenvalue weighted by Crippen LogP contribution is -2.46. The van der Waals surface area contributed by atoms with Gasteiger partial charge in [-0.25, -0.2) is 0 Å². The zero-order chi connectivity index (χ0) is 15.6. The molecule has 21 heavy (non-hydrogen) atoms. The summed E-state index contributed by atoms with van der Waals surface area (Å²) in [5.41, 5.74) is 0. The Hall–Kier alpha value is -1.64. The Kier molecular flexibility index (Phi) is 4.50. The Morgan fingerprint density at radius 2 is 2.05 bits per heavy atom. The summed E-state index contributed by atoms with van der Waals surface area (Å²) < 4.78 is 44.3. The molecule has 0 spiro atoms. The van der Waals surface area contributed by atoms with Gasteiger partial charge in [0.2, 0.25) is 5.82 Å². The highest BCUT2D eigenvalue weighted by atomic mass is 19.4. The second kappa shape index (κ2) is 6.00. The maximum atomic E-state index is 12.7. The van der Waals surface area contributed by atoms with Crippen LogP contribution in [-0.4, -0.2) is 44.8 Å². The fourth-order valence-electron chi connectivity index (χ4n) is 2.46. The Labute approximate surface area is 119 Å². The Balaban J connectivity index is 2.16. The van der Waals surface area contributed by atoms with E-state index in [0.717, 1.165) is 4.57 Å². The fraction of sp³-hybridized carbons (Fsp3) is 0.750. The highest BCUT2D eigenvalue weighted by Gasteiger charge is 2.40. The van der Waals surface area contributed by atoms with Crippen LogP contribution < -0.4 is 0 Å². The van der Waals surface area contributed by atoms with Gasteiger partial charge < -0.3 is 9.30 Å². The normalized spacial score (nSPS) is 17.4. The number of esters is 1. The zero-order valence-corrected chi connectivity index (χ0v) is 11.9. The summed E-state index contributed by atoms with van der Waals surface area (Å²) in [4.78, 5) is 13.6. The maximum Gasteiger partial charge on any atom is 0.451 e. The second-order valence-electron chi connectivity index (χ2n) is 4.74.